The number of hydrogen-bond donors (Lipinski definition) is 1. The largest absolute Gasteiger partial charge is 0.377 e. The van der Waals surface area contributed by atoms with E-state index in [2.05, 4.69) is 44.1 Å². The second-order valence-electron chi connectivity index (χ2n) is 5.12. The van der Waals surface area contributed by atoms with Gasteiger partial charge in [0.05, 0.1) is 18.8 Å². The molecule has 4 heteroatoms. The van der Waals surface area contributed by atoms with E-state index in [-0.39, 0.29) is 5.54 Å². The molecule has 0 rings (SSSR count). The second-order valence-corrected chi connectivity index (χ2v) is 5.12. The van der Waals surface area contributed by atoms with Gasteiger partial charge in [-0.25, -0.2) is 0 Å². The van der Waals surface area contributed by atoms with E-state index >= 15 is 0 Å². The van der Waals surface area contributed by atoms with Crippen molar-refractivity contribution in [2.75, 3.05) is 33.8 Å². The van der Waals surface area contributed by atoms with Crippen LogP contribution in [0.1, 0.15) is 40.0 Å². The maximum atomic E-state index is 9.20. The Bertz CT molecular complexity index is 244. The van der Waals surface area contributed by atoms with Crippen molar-refractivity contribution < 1.29 is 4.74 Å². The van der Waals surface area contributed by atoms with Gasteiger partial charge in [0, 0.05) is 6.54 Å². The van der Waals surface area contributed by atoms with Crippen LogP contribution in [0.15, 0.2) is 0 Å². The number of nitriles is 1. The van der Waals surface area contributed by atoms with Crippen LogP contribution in [0.2, 0.25) is 0 Å². The number of nitrogens with one attached hydrogen (secondary N) is 1. The standard InChI is InChI=1S/C14H29N3O/c1-6-14(12-15,16-4)8-7-9-17(5)10-11-18-13(2)3/h13,16H,6-11H2,1-5H3. The normalized spacial score (nSPS) is 14.8. The van der Waals surface area contributed by atoms with Crippen molar-refractivity contribution in [1.82, 2.24) is 10.2 Å². The van der Waals surface area contributed by atoms with Crippen LogP contribution in [0.3, 0.4) is 0 Å². The fourth-order valence-corrected chi connectivity index (χ4v) is 1.88. The van der Waals surface area contributed by atoms with Gasteiger partial charge in [0.2, 0.25) is 0 Å². The smallest absolute Gasteiger partial charge is 0.106 e. The van der Waals surface area contributed by atoms with Gasteiger partial charge in [-0.15, -0.1) is 0 Å². The van der Waals surface area contributed by atoms with Crippen molar-refractivity contribution in [3.8, 4) is 6.07 Å². The number of likely N-dealkylation sites (N-methyl/N-ethyl adjacent to an activating group) is 1. The molecule has 0 saturated heterocycles. The highest BCUT2D eigenvalue weighted by atomic mass is 16.5. The molecule has 0 aromatic carbocycles. The Morgan fingerprint density at radius 2 is 2.06 bits per heavy atom. The van der Waals surface area contributed by atoms with E-state index in [1.807, 2.05) is 7.05 Å². The van der Waals surface area contributed by atoms with E-state index in [1.165, 1.54) is 0 Å². The molecule has 0 amide bonds. The zero-order valence-corrected chi connectivity index (χ0v) is 12.6. The number of rotatable bonds is 10. The van der Waals surface area contributed by atoms with E-state index in [4.69, 9.17) is 4.74 Å². The van der Waals surface area contributed by atoms with Crippen LogP contribution in [0.4, 0.5) is 0 Å². The van der Waals surface area contributed by atoms with Gasteiger partial charge in [-0.1, -0.05) is 6.92 Å². The Balaban J connectivity index is 3.79. The highest BCUT2D eigenvalue weighted by Gasteiger charge is 2.24. The predicted octanol–water partition coefficient (Wildman–Crippen LogP) is 2.02. The summed E-state index contributed by atoms with van der Waals surface area (Å²) in [6, 6.07) is 2.39. The monoisotopic (exact) mass is 255 g/mol. The molecule has 0 aliphatic carbocycles. The van der Waals surface area contributed by atoms with Crippen molar-refractivity contribution in [2.45, 2.75) is 51.7 Å². The van der Waals surface area contributed by atoms with E-state index in [0.29, 0.717) is 6.10 Å². The highest BCUT2D eigenvalue weighted by Crippen LogP contribution is 2.15. The Morgan fingerprint density at radius 3 is 2.50 bits per heavy atom. The highest BCUT2D eigenvalue weighted by molar-refractivity contribution is 5.05. The van der Waals surface area contributed by atoms with Gasteiger partial charge in [-0.3, -0.25) is 0 Å². The summed E-state index contributed by atoms with van der Waals surface area (Å²) in [7, 11) is 3.97. The molecule has 1 unspecified atom stereocenters. The lowest BCUT2D eigenvalue weighted by atomic mass is 9.92. The number of ether oxygens (including phenoxy) is 1. The molecular formula is C14H29N3O. The van der Waals surface area contributed by atoms with Crippen molar-refractivity contribution in [1.29, 1.82) is 5.26 Å². The summed E-state index contributed by atoms with van der Waals surface area (Å²) in [5.74, 6) is 0. The average molecular weight is 255 g/mol. The first kappa shape index (κ1) is 17.4. The van der Waals surface area contributed by atoms with Crippen LogP contribution in [0.5, 0.6) is 0 Å². The van der Waals surface area contributed by atoms with Crippen molar-refractivity contribution in [3.05, 3.63) is 0 Å². The summed E-state index contributed by atoms with van der Waals surface area (Å²) in [6.07, 6.45) is 3.07. The summed E-state index contributed by atoms with van der Waals surface area (Å²) >= 11 is 0. The summed E-state index contributed by atoms with van der Waals surface area (Å²) < 4.78 is 5.52. The van der Waals surface area contributed by atoms with Crippen LogP contribution in [0.25, 0.3) is 0 Å². The Morgan fingerprint density at radius 1 is 1.39 bits per heavy atom. The first-order valence-corrected chi connectivity index (χ1v) is 6.90. The third-order valence-corrected chi connectivity index (χ3v) is 3.36. The van der Waals surface area contributed by atoms with Crippen LogP contribution >= 0.6 is 0 Å². The number of hydrogen-bond acceptors (Lipinski definition) is 4. The molecular weight excluding hydrogens is 226 g/mol. The minimum atomic E-state index is -0.352. The van der Waals surface area contributed by atoms with Gasteiger partial charge in [0.1, 0.15) is 5.54 Å². The minimum absolute atomic E-state index is 0.300. The topological polar surface area (TPSA) is 48.3 Å². The lowest BCUT2D eigenvalue weighted by Crippen LogP contribution is -2.41. The first-order valence-electron chi connectivity index (χ1n) is 6.90. The maximum absolute atomic E-state index is 9.20. The minimum Gasteiger partial charge on any atom is -0.377 e. The maximum Gasteiger partial charge on any atom is 0.106 e. The zero-order valence-electron chi connectivity index (χ0n) is 12.6. The molecule has 4 nitrogen and oxygen atoms in total. The summed E-state index contributed by atoms with van der Waals surface area (Å²) in [4.78, 5) is 2.26. The zero-order chi connectivity index (χ0) is 14.0. The lowest BCUT2D eigenvalue weighted by molar-refractivity contribution is 0.0634. The lowest BCUT2D eigenvalue weighted by Gasteiger charge is -2.25. The third kappa shape index (κ3) is 6.95. The molecule has 0 heterocycles. The Hall–Kier alpha value is -0.630. The van der Waals surface area contributed by atoms with E-state index < -0.39 is 0 Å². The third-order valence-electron chi connectivity index (χ3n) is 3.36. The Labute approximate surface area is 112 Å². The fourth-order valence-electron chi connectivity index (χ4n) is 1.88. The fraction of sp³-hybridized carbons (Fsp3) is 0.929. The van der Waals surface area contributed by atoms with E-state index in [9.17, 15) is 5.26 Å². The van der Waals surface area contributed by atoms with Crippen LogP contribution in [0, 0.1) is 11.3 Å². The Kier molecular flexibility index (Phi) is 8.99. The quantitative estimate of drug-likeness (QED) is 0.649. The molecule has 0 aromatic heterocycles. The van der Waals surface area contributed by atoms with Gasteiger partial charge >= 0.3 is 0 Å². The van der Waals surface area contributed by atoms with Crippen LogP contribution in [-0.4, -0.2) is 50.3 Å². The van der Waals surface area contributed by atoms with Crippen LogP contribution < -0.4 is 5.32 Å². The molecule has 106 valence electrons. The summed E-state index contributed by atoms with van der Waals surface area (Å²) in [6.45, 7) is 8.89. The molecule has 0 bridgehead atoms. The van der Waals surface area contributed by atoms with Gasteiger partial charge < -0.3 is 15.0 Å². The predicted molar refractivity (Wildman–Crippen MR) is 75.5 cm³/mol. The average Bonchev–Trinajstić information content (AvgIpc) is 2.35. The summed E-state index contributed by atoms with van der Waals surface area (Å²) in [5.41, 5.74) is -0.352. The number of nitrogens with zero attached hydrogens (tertiary/aromatic N) is 2. The molecule has 0 aliphatic heterocycles. The van der Waals surface area contributed by atoms with Gasteiger partial charge in [-0.2, -0.15) is 5.26 Å². The molecule has 1 N–H and O–H groups in total. The van der Waals surface area contributed by atoms with Crippen molar-refractivity contribution in [2.24, 2.45) is 0 Å². The molecule has 0 saturated carbocycles. The molecule has 18 heavy (non-hydrogen) atoms. The van der Waals surface area contributed by atoms with Gasteiger partial charge in [0.25, 0.3) is 0 Å². The second kappa shape index (κ2) is 9.32. The molecule has 0 aliphatic rings. The van der Waals surface area contributed by atoms with E-state index in [1.54, 1.807) is 0 Å². The van der Waals surface area contributed by atoms with Gasteiger partial charge in [0.15, 0.2) is 0 Å². The molecule has 0 aromatic rings. The van der Waals surface area contributed by atoms with Crippen molar-refractivity contribution >= 4 is 0 Å². The first-order chi connectivity index (χ1) is 8.49. The molecule has 1 atom stereocenters. The molecule has 0 fully saturated rings. The van der Waals surface area contributed by atoms with Gasteiger partial charge in [-0.05, 0) is 53.8 Å². The summed E-state index contributed by atoms with van der Waals surface area (Å²) in [5, 5.41) is 12.3. The SMILES string of the molecule is CCC(C#N)(CCCN(C)CCOC(C)C)NC. The van der Waals surface area contributed by atoms with E-state index in [0.717, 1.165) is 39.0 Å². The molecule has 0 radical (unpaired) electrons. The van der Waals surface area contributed by atoms with Crippen molar-refractivity contribution in [3.63, 3.8) is 0 Å². The van der Waals surface area contributed by atoms with Crippen LogP contribution in [-0.2, 0) is 4.74 Å². The molecule has 0 spiro atoms.